The van der Waals surface area contributed by atoms with Crippen molar-refractivity contribution in [3.63, 3.8) is 0 Å². The van der Waals surface area contributed by atoms with Gasteiger partial charge >= 0.3 is 0 Å². The highest BCUT2D eigenvalue weighted by atomic mass is 127. The smallest absolute Gasteiger partial charge is 0.152 e. The van der Waals surface area contributed by atoms with Crippen LogP contribution in [0, 0.1) is 3.57 Å². The molecule has 0 amide bonds. The lowest BCUT2D eigenvalue weighted by molar-refractivity contribution is 0.112. The number of rotatable bonds is 7. The van der Waals surface area contributed by atoms with Crippen molar-refractivity contribution < 1.29 is 13.5 Å². The van der Waals surface area contributed by atoms with Gasteiger partial charge in [0.2, 0.25) is 0 Å². The molecule has 1 N–H and O–H groups in total. The highest BCUT2D eigenvalue weighted by Crippen LogP contribution is 2.29. The number of phenolic OH excluding ortho intramolecular Hbond substituents is 1. The highest BCUT2D eigenvalue weighted by molar-refractivity contribution is 14.1. The average molecular weight is 535 g/mol. The van der Waals surface area contributed by atoms with Gasteiger partial charge in [-0.05, 0) is 79.3 Å². The van der Waals surface area contributed by atoms with Gasteiger partial charge in [0.1, 0.15) is 5.75 Å². The van der Waals surface area contributed by atoms with Crippen molar-refractivity contribution in [3.05, 3.63) is 26.8 Å². The van der Waals surface area contributed by atoms with E-state index >= 15 is 0 Å². The van der Waals surface area contributed by atoms with E-state index in [0.717, 1.165) is 54.0 Å². The summed E-state index contributed by atoms with van der Waals surface area (Å²) < 4.78 is 24.2. The molecule has 6 nitrogen and oxygen atoms in total. The van der Waals surface area contributed by atoms with Crippen LogP contribution in [0.15, 0.2) is 12.1 Å². The van der Waals surface area contributed by atoms with Crippen LogP contribution >= 0.6 is 22.6 Å². The molecule has 1 aromatic carbocycles. The first-order chi connectivity index (χ1) is 13.8. The van der Waals surface area contributed by atoms with Gasteiger partial charge in [0.25, 0.3) is 0 Å². The molecule has 8 heteroatoms. The number of piperidine rings is 1. The number of aromatic hydroxyl groups is 1. The number of sulfone groups is 1. The fourth-order valence-corrected chi connectivity index (χ4v) is 6.54. The lowest BCUT2D eigenvalue weighted by atomic mass is 10.0. The topological polar surface area (TPSA) is 64.1 Å². The molecule has 2 heterocycles. The maximum atomic E-state index is 11.7. The first-order valence-corrected chi connectivity index (χ1v) is 13.6. The molecule has 29 heavy (non-hydrogen) atoms. The molecule has 0 spiro atoms. The number of likely N-dealkylation sites (tertiary alicyclic amines) is 1. The van der Waals surface area contributed by atoms with Crippen molar-refractivity contribution in [2.45, 2.75) is 45.8 Å². The highest BCUT2D eigenvalue weighted by Gasteiger charge is 2.25. The fourth-order valence-electron chi connectivity index (χ4n) is 4.52. The van der Waals surface area contributed by atoms with E-state index in [1.165, 1.54) is 12.8 Å². The monoisotopic (exact) mass is 535 g/mol. The minimum Gasteiger partial charge on any atom is -0.507 e. The van der Waals surface area contributed by atoms with Crippen LogP contribution in [0.25, 0.3) is 0 Å². The van der Waals surface area contributed by atoms with Gasteiger partial charge in [-0.3, -0.25) is 9.80 Å². The summed E-state index contributed by atoms with van der Waals surface area (Å²) in [6, 6.07) is 4.81. The van der Waals surface area contributed by atoms with Crippen molar-refractivity contribution >= 4 is 32.4 Å². The standard InChI is InChI=1S/C21H34IN3O3S/c1-3-25(4-2)19-5-7-23(8-6-19)16-18-13-17(14-20(22)21(18)26)15-24-9-11-29(27,28)12-10-24/h13-14,19,26H,3-12,15-16H2,1-2H3. The Bertz CT molecular complexity index is 777. The summed E-state index contributed by atoms with van der Waals surface area (Å²) in [6.07, 6.45) is 2.36. The van der Waals surface area contributed by atoms with Crippen molar-refractivity contribution in [2.75, 3.05) is 50.8 Å². The van der Waals surface area contributed by atoms with Gasteiger partial charge < -0.3 is 10.0 Å². The number of hydrogen-bond donors (Lipinski definition) is 1. The lowest BCUT2D eigenvalue weighted by Gasteiger charge is -2.37. The SMILES string of the molecule is CCN(CC)C1CCN(Cc2cc(CN3CCS(=O)(=O)CC3)cc(I)c2O)CC1. The molecule has 2 fully saturated rings. The van der Waals surface area contributed by atoms with Crippen LogP contribution in [0.5, 0.6) is 5.75 Å². The molecule has 0 aliphatic carbocycles. The minimum atomic E-state index is -2.86. The van der Waals surface area contributed by atoms with Gasteiger partial charge in [-0.15, -0.1) is 0 Å². The normalized spacial score (nSPS) is 21.7. The number of halogens is 1. The lowest BCUT2D eigenvalue weighted by Crippen LogP contribution is -2.44. The Morgan fingerprint density at radius 2 is 1.62 bits per heavy atom. The quantitative estimate of drug-likeness (QED) is 0.542. The zero-order valence-corrected chi connectivity index (χ0v) is 20.6. The summed E-state index contributed by atoms with van der Waals surface area (Å²) >= 11 is 2.20. The van der Waals surface area contributed by atoms with Crippen LogP contribution in [-0.2, 0) is 22.9 Å². The predicted molar refractivity (Wildman–Crippen MR) is 126 cm³/mol. The van der Waals surface area contributed by atoms with Gasteiger partial charge in [0, 0.05) is 37.8 Å². The van der Waals surface area contributed by atoms with E-state index in [1.807, 2.05) is 6.07 Å². The molecule has 0 bridgehead atoms. The van der Waals surface area contributed by atoms with Crippen LogP contribution in [0.4, 0.5) is 0 Å². The van der Waals surface area contributed by atoms with E-state index in [-0.39, 0.29) is 11.5 Å². The Kier molecular flexibility index (Phi) is 8.22. The summed E-state index contributed by atoms with van der Waals surface area (Å²) in [7, 11) is -2.86. The maximum Gasteiger partial charge on any atom is 0.152 e. The predicted octanol–water partition coefficient (Wildman–Crippen LogP) is 2.53. The van der Waals surface area contributed by atoms with Gasteiger partial charge in [0.15, 0.2) is 9.84 Å². The summed E-state index contributed by atoms with van der Waals surface area (Å²) in [5.74, 6) is 0.883. The molecule has 0 aromatic heterocycles. The minimum absolute atomic E-state index is 0.247. The summed E-state index contributed by atoms with van der Waals surface area (Å²) in [5, 5.41) is 10.6. The molecule has 2 saturated heterocycles. The Balaban J connectivity index is 1.61. The Morgan fingerprint density at radius 1 is 1.03 bits per heavy atom. The molecule has 0 atom stereocenters. The molecule has 0 saturated carbocycles. The summed E-state index contributed by atoms with van der Waals surface area (Å²) in [5.41, 5.74) is 2.14. The zero-order chi connectivity index (χ0) is 21.0. The number of hydrogen-bond acceptors (Lipinski definition) is 6. The molecular weight excluding hydrogens is 501 g/mol. The van der Waals surface area contributed by atoms with Crippen LogP contribution in [-0.4, -0.2) is 85.0 Å². The second-order valence-electron chi connectivity index (χ2n) is 8.24. The molecule has 3 rings (SSSR count). The molecule has 2 aliphatic heterocycles. The van der Waals surface area contributed by atoms with E-state index in [1.54, 1.807) is 0 Å². The van der Waals surface area contributed by atoms with E-state index in [2.05, 4.69) is 57.2 Å². The third-order valence-electron chi connectivity index (χ3n) is 6.33. The third-order valence-corrected chi connectivity index (χ3v) is 8.76. The van der Waals surface area contributed by atoms with E-state index < -0.39 is 9.84 Å². The molecule has 1 aromatic rings. The van der Waals surface area contributed by atoms with Gasteiger partial charge in [-0.25, -0.2) is 8.42 Å². The van der Waals surface area contributed by atoms with Crippen molar-refractivity contribution in [3.8, 4) is 5.75 Å². The van der Waals surface area contributed by atoms with Crippen molar-refractivity contribution in [1.82, 2.24) is 14.7 Å². The molecule has 0 radical (unpaired) electrons. The average Bonchev–Trinajstić information content (AvgIpc) is 2.69. The van der Waals surface area contributed by atoms with Crippen molar-refractivity contribution in [1.29, 1.82) is 0 Å². The van der Waals surface area contributed by atoms with Crippen LogP contribution in [0.2, 0.25) is 0 Å². The summed E-state index contributed by atoms with van der Waals surface area (Å²) in [4.78, 5) is 7.20. The fraction of sp³-hybridized carbons (Fsp3) is 0.714. The Labute approximate surface area is 189 Å². The third kappa shape index (κ3) is 6.29. The number of nitrogens with zero attached hydrogens (tertiary/aromatic N) is 3. The van der Waals surface area contributed by atoms with E-state index in [0.29, 0.717) is 24.9 Å². The van der Waals surface area contributed by atoms with E-state index in [4.69, 9.17) is 0 Å². The maximum absolute atomic E-state index is 11.7. The van der Waals surface area contributed by atoms with Crippen LogP contribution < -0.4 is 0 Å². The Hall–Kier alpha value is -0.420. The van der Waals surface area contributed by atoms with Crippen LogP contribution in [0.1, 0.15) is 37.8 Å². The number of benzene rings is 1. The van der Waals surface area contributed by atoms with Crippen LogP contribution in [0.3, 0.4) is 0 Å². The summed E-state index contributed by atoms with van der Waals surface area (Å²) in [6.45, 7) is 11.5. The van der Waals surface area contributed by atoms with E-state index in [9.17, 15) is 13.5 Å². The van der Waals surface area contributed by atoms with Gasteiger partial charge in [-0.1, -0.05) is 13.8 Å². The zero-order valence-electron chi connectivity index (χ0n) is 17.6. The largest absolute Gasteiger partial charge is 0.507 e. The molecule has 164 valence electrons. The van der Waals surface area contributed by atoms with Crippen molar-refractivity contribution in [2.24, 2.45) is 0 Å². The second kappa shape index (κ2) is 10.3. The second-order valence-corrected chi connectivity index (χ2v) is 11.7. The number of phenols is 1. The van der Waals surface area contributed by atoms with Gasteiger partial charge in [-0.2, -0.15) is 0 Å². The molecule has 2 aliphatic rings. The first-order valence-electron chi connectivity index (χ1n) is 10.7. The first kappa shape index (κ1) is 23.2. The Morgan fingerprint density at radius 3 is 2.21 bits per heavy atom. The molecular formula is C21H34IN3O3S. The van der Waals surface area contributed by atoms with Gasteiger partial charge in [0.05, 0.1) is 15.1 Å². The molecule has 0 unspecified atom stereocenters.